The molecule has 0 fully saturated rings. The Labute approximate surface area is 183 Å². The number of likely N-dealkylation sites (N-methyl/N-ethyl adjacent to an activating group) is 1. The Bertz CT molecular complexity index is 1000. The van der Waals surface area contributed by atoms with Crippen LogP contribution in [0.1, 0.15) is 44.7 Å². The number of nitrogens with zero attached hydrogens (tertiary/aromatic N) is 1. The van der Waals surface area contributed by atoms with Crippen molar-refractivity contribution in [2.45, 2.75) is 49.6 Å². The van der Waals surface area contributed by atoms with Crippen LogP contribution in [0.5, 0.6) is 5.75 Å². The van der Waals surface area contributed by atoms with Crippen LogP contribution < -0.4 is 10.1 Å². The van der Waals surface area contributed by atoms with Gasteiger partial charge in [0.1, 0.15) is 11.4 Å². The molecule has 1 aliphatic rings. The highest BCUT2D eigenvalue weighted by atomic mass is 35.5. The summed E-state index contributed by atoms with van der Waals surface area (Å²) in [5, 5.41) is 3.46. The van der Waals surface area contributed by atoms with Crippen molar-refractivity contribution in [1.82, 2.24) is 9.62 Å². The van der Waals surface area contributed by atoms with E-state index in [-0.39, 0.29) is 29.0 Å². The lowest BCUT2D eigenvalue weighted by atomic mass is 9.83. The third-order valence-electron chi connectivity index (χ3n) is 5.71. The van der Waals surface area contributed by atoms with Crippen LogP contribution in [0.2, 0.25) is 5.02 Å². The highest BCUT2D eigenvalue weighted by Gasteiger charge is 2.39. The molecule has 0 unspecified atom stereocenters. The molecule has 30 heavy (non-hydrogen) atoms. The number of amides is 1. The number of carbonyl (C=O) groups is 1. The Morgan fingerprint density at radius 1 is 1.17 bits per heavy atom. The molecule has 1 atom stereocenters. The molecule has 0 aliphatic carbocycles. The van der Waals surface area contributed by atoms with Gasteiger partial charge in [-0.25, -0.2) is 8.42 Å². The van der Waals surface area contributed by atoms with Crippen LogP contribution in [0.25, 0.3) is 0 Å². The topological polar surface area (TPSA) is 75.7 Å². The lowest BCUT2D eigenvalue weighted by Gasteiger charge is -2.41. The van der Waals surface area contributed by atoms with E-state index in [0.717, 1.165) is 28.5 Å². The number of hydrogen-bond acceptors (Lipinski definition) is 4. The van der Waals surface area contributed by atoms with E-state index in [2.05, 4.69) is 19.2 Å². The zero-order chi connectivity index (χ0) is 21.9. The zero-order valence-electron chi connectivity index (χ0n) is 17.4. The highest BCUT2D eigenvalue weighted by Crippen LogP contribution is 2.42. The molecule has 2 aromatic carbocycles. The quantitative estimate of drug-likeness (QED) is 0.687. The Hall–Kier alpha value is -2.09. The van der Waals surface area contributed by atoms with Crippen LogP contribution in [0, 0.1) is 0 Å². The van der Waals surface area contributed by atoms with Crippen molar-refractivity contribution >= 4 is 27.5 Å². The maximum absolute atomic E-state index is 12.8. The normalized spacial score (nSPS) is 17.8. The first-order valence-corrected chi connectivity index (χ1v) is 11.8. The molecule has 0 spiro atoms. The van der Waals surface area contributed by atoms with Gasteiger partial charge in [-0.3, -0.25) is 4.79 Å². The van der Waals surface area contributed by atoms with Gasteiger partial charge in [0.25, 0.3) is 0 Å². The summed E-state index contributed by atoms with van der Waals surface area (Å²) in [5.41, 5.74) is 0.555. The summed E-state index contributed by atoms with van der Waals surface area (Å²) in [4.78, 5) is 12.9. The smallest absolute Gasteiger partial charge is 0.243 e. The predicted molar refractivity (Wildman–Crippen MR) is 117 cm³/mol. The highest BCUT2D eigenvalue weighted by molar-refractivity contribution is 7.89. The van der Waals surface area contributed by atoms with E-state index in [1.165, 1.54) is 31.3 Å². The van der Waals surface area contributed by atoms with E-state index >= 15 is 0 Å². The predicted octanol–water partition coefficient (Wildman–Crippen LogP) is 4.16. The summed E-state index contributed by atoms with van der Waals surface area (Å²) in [7, 11) is -2.40. The Morgan fingerprint density at radius 3 is 2.43 bits per heavy atom. The SMILES string of the molecule is CCC1(CC)C[C@@H](NC(=O)CN(C)S(=O)(=O)c2ccc(Cl)cc2)c2ccccc2O1. The van der Waals surface area contributed by atoms with Crippen molar-refractivity contribution in [1.29, 1.82) is 0 Å². The van der Waals surface area contributed by atoms with Crippen LogP contribution >= 0.6 is 11.6 Å². The van der Waals surface area contributed by atoms with Crippen molar-refractivity contribution in [3.63, 3.8) is 0 Å². The fourth-order valence-corrected chi connectivity index (χ4v) is 5.00. The monoisotopic (exact) mass is 450 g/mol. The van der Waals surface area contributed by atoms with Gasteiger partial charge in [-0.05, 0) is 43.2 Å². The van der Waals surface area contributed by atoms with Crippen LogP contribution in [0.15, 0.2) is 53.4 Å². The molecule has 6 nitrogen and oxygen atoms in total. The van der Waals surface area contributed by atoms with E-state index in [1.807, 2.05) is 24.3 Å². The third-order valence-corrected chi connectivity index (χ3v) is 7.78. The minimum absolute atomic E-state index is 0.0922. The van der Waals surface area contributed by atoms with Crippen molar-refractivity contribution in [3.8, 4) is 5.75 Å². The van der Waals surface area contributed by atoms with Gasteiger partial charge in [-0.1, -0.05) is 43.6 Å². The molecular weight excluding hydrogens is 424 g/mol. The molecular formula is C22H27ClN2O4S. The maximum atomic E-state index is 12.8. The second-order valence-electron chi connectivity index (χ2n) is 7.57. The lowest BCUT2D eigenvalue weighted by molar-refractivity contribution is -0.122. The molecule has 0 saturated heterocycles. The molecule has 8 heteroatoms. The summed E-state index contributed by atoms with van der Waals surface area (Å²) in [6.45, 7) is 3.86. The number of fused-ring (bicyclic) bond motifs is 1. The Balaban J connectivity index is 1.76. The number of para-hydroxylation sites is 1. The van der Waals surface area contributed by atoms with Crippen LogP contribution in [0.3, 0.4) is 0 Å². The van der Waals surface area contributed by atoms with Gasteiger partial charge in [-0.15, -0.1) is 0 Å². The van der Waals surface area contributed by atoms with Gasteiger partial charge < -0.3 is 10.1 Å². The number of sulfonamides is 1. The zero-order valence-corrected chi connectivity index (χ0v) is 19.0. The third kappa shape index (κ3) is 4.63. The van der Waals surface area contributed by atoms with Crippen LogP contribution in [0.4, 0.5) is 0 Å². The largest absolute Gasteiger partial charge is 0.487 e. The summed E-state index contributed by atoms with van der Waals surface area (Å²) in [6, 6.07) is 13.3. The first-order chi connectivity index (χ1) is 14.2. The van der Waals surface area contributed by atoms with Gasteiger partial charge in [0, 0.05) is 24.1 Å². The molecule has 0 bridgehead atoms. The second kappa shape index (κ2) is 8.96. The van der Waals surface area contributed by atoms with E-state index in [0.29, 0.717) is 11.4 Å². The minimum atomic E-state index is -3.80. The lowest BCUT2D eigenvalue weighted by Crippen LogP contribution is -2.46. The van der Waals surface area contributed by atoms with Crippen LogP contribution in [-0.2, 0) is 14.8 Å². The summed E-state index contributed by atoms with van der Waals surface area (Å²) >= 11 is 5.84. The summed E-state index contributed by atoms with van der Waals surface area (Å²) in [5.74, 6) is 0.401. The van der Waals surface area contributed by atoms with E-state index in [9.17, 15) is 13.2 Å². The molecule has 0 saturated carbocycles. The Kier molecular flexibility index (Phi) is 6.75. The molecule has 3 rings (SSSR count). The van der Waals surface area contributed by atoms with Gasteiger partial charge in [-0.2, -0.15) is 4.31 Å². The molecule has 0 aromatic heterocycles. The average Bonchev–Trinajstić information content (AvgIpc) is 2.73. The number of rotatable bonds is 7. The first-order valence-electron chi connectivity index (χ1n) is 10.00. The number of hydrogen-bond donors (Lipinski definition) is 1. The molecule has 0 radical (unpaired) electrons. The van der Waals surface area contributed by atoms with Gasteiger partial charge in [0.2, 0.25) is 15.9 Å². The number of benzene rings is 2. The fraction of sp³-hybridized carbons (Fsp3) is 0.409. The molecule has 1 N–H and O–H groups in total. The number of halogens is 1. The molecule has 1 heterocycles. The number of nitrogens with one attached hydrogen (secondary N) is 1. The maximum Gasteiger partial charge on any atom is 0.243 e. The van der Waals surface area contributed by atoms with Crippen molar-refractivity contribution in [2.75, 3.05) is 13.6 Å². The Morgan fingerprint density at radius 2 is 1.80 bits per heavy atom. The van der Waals surface area contributed by atoms with Gasteiger partial charge in [0.05, 0.1) is 17.5 Å². The summed E-state index contributed by atoms with van der Waals surface area (Å²) < 4.78 is 32.8. The van der Waals surface area contributed by atoms with Crippen molar-refractivity contribution in [3.05, 3.63) is 59.1 Å². The minimum Gasteiger partial charge on any atom is -0.487 e. The standard InChI is InChI=1S/C22H27ClN2O4S/c1-4-22(5-2)14-19(18-8-6-7-9-20(18)29-22)24-21(26)15-25(3)30(27,28)17-12-10-16(23)11-13-17/h6-13,19H,4-5,14-15H2,1-3H3,(H,24,26)/t19-/m1/s1. The molecule has 2 aromatic rings. The fourth-order valence-electron chi connectivity index (χ4n) is 3.74. The average molecular weight is 451 g/mol. The van der Waals surface area contributed by atoms with Crippen molar-refractivity contribution in [2.24, 2.45) is 0 Å². The van der Waals surface area contributed by atoms with E-state index < -0.39 is 10.0 Å². The molecule has 162 valence electrons. The van der Waals surface area contributed by atoms with Gasteiger partial charge in [0.15, 0.2) is 0 Å². The van der Waals surface area contributed by atoms with Gasteiger partial charge >= 0.3 is 0 Å². The van der Waals surface area contributed by atoms with Crippen molar-refractivity contribution < 1.29 is 17.9 Å². The van der Waals surface area contributed by atoms with E-state index in [4.69, 9.17) is 16.3 Å². The first kappa shape index (κ1) is 22.6. The van der Waals surface area contributed by atoms with E-state index in [1.54, 1.807) is 0 Å². The molecule has 1 aliphatic heterocycles. The summed E-state index contributed by atoms with van der Waals surface area (Å²) in [6.07, 6.45) is 2.26. The number of ether oxygens (including phenoxy) is 1. The molecule has 1 amide bonds. The van der Waals surface area contributed by atoms with Crippen LogP contribution in [-0.4, -0.2) is 37.8 Å². The number of carbonyl (C=O) groups excluding carboxylic acids is 1. The second-order valence-corrected chi connectivity index (χ2v) is 10.1.